The Morgan fingerprint density at radius 1 is 1.14 bits per heavy atom. The van der Waals surface area contributed by atoms with Crippen molar-refractivity contribution in [2.24, 2.45) is 0 Å². The molecule has 0 bridgehead atoms. The number of aromatic nitrogens is 2. The van der Waals surface area contributed by atoms with E-state index in [2.05, 4.69) is 48.4 Å². The number of carbonyl (C=O) groups is 2. The van der Waals surface area contributed by atoms with Crippen molar-refractivity contribution in [1.29, 1.82) is 0 Å². The molecule has 1 unspecified atom stereocenters. The normalized spacial score (nSPS) is 15.9. The SMILES string of the molecule is Cc1cc(C(=O)N2CCCCC2C)ccc1NC(=O)CCc1nc(-c2ccc(C(C)C)cc2)no1. The van der Waals surface area contributed by atoms with Crippen molar-refractivity contribution in [2.75, 3.05) is 11.9 Å². The molecule has 0 spiro atoms. The summed E-state index contributed by atoms with van der Waals surface area (Å²) in [5, 5.41) is 6.99. The van der Waals surface area contributed by atoms with E-state index in [4.69, 9.17) is 4.52 Å². The molecule has 0 aliphatic carbocycles. The molecule has 1 N–H and O–H groups in total. The number of nitrogens with zero attached hydrogens (tertiary/aromatic N) is 3. The molecule has 1 saturated heterocycles. The van der Waals surface area contributed by atoms with Crippen LogP contribution in [0.15, 0.2) is 47.0 Å². The van der Waals surface area contributed by atoms with E-state index < -0.39 is 0 Å². The van der Waals surface area contributed by atoms with E-state index in [1.54, 1.807) is 12.1 Å². The molecule has 2 heterocycles. The molecular formula is C28H34N4O3. The summed E-state index contributed by atoms with van der Waals surface area (Å²) in [4.78, 5) is 31.9. The third-order valence-corrected chi connectivity index (χ3v) is 6.68. The van der Waals surface area contributed by atoms with E-state index in [9.17, 15) is 9.59 Å². The van der Waals surface area contributed by atoms with Crippen molar-refractivity contribution >= 4 is 17.5 Å². The second-order valence-electron chi connectivity index (χ2n) is 9.71. The summed E-state index contributed by atoms with van der Waals surface area (Å²) in [6.45, 7) is 9.11. The molecule has 1 aliphatic heterocycles. The minimum Gasteiger partial charge on any atom is -0.339 e. The highest BCUT2D eigenvalue weighted by atomic mass is 16.5. The van der Waals surface area contributed by atoms with Crippen LogP contribution in [-0.4, -0.2) is 39.4 Å². The summed E-state index contributed by atoms with van der Waals surface area (Å²) in [6.07, 6.45) is 3.84. The van der Waals surface area contributed by atoms with E-state index in [1.165, 1.54) is 12.0 Å². The van der Waals surface area contributed by atoms with Crippen molar-refractivity contribution in [3.63, 3.8) is 0 Å². The van der Waals surface area contributed by atoms with E-state index in [0.717, 1.165) is 30.5 Å². The van der Waals surface area contributed by atoms with Gasteiger partial charge in [0.2, 0.25) is 17.6 Å². The fourth-order valence-electron chi connectivity index (χ4n) is 4.43. The van der Waals surface area contributed by atoms with Crippen LogP contribution in [0.25, 0.3) is 11.4 Å². The average Bonchev–Trinajstić information content (AvgIpc) is 3.33. The van der Waals surface area contributed by atoms with E-state index >= 15 is 0 Å². The van der Waals surface area contributed by atoms with E-state index in [-0.39, 0.29) is 24.3 Å². The number of hydrogen-bond acceptors (Lipinski definition) is 5. The first-order valence-corrected chi connectivity index (χ1v) is 12.5. The Kier molecular flexibility index (Phi) is 7.63. The lowest BCUT2D eigenvalue weighted by molar-refractivity contribution is -0.116. The molecule has 184 valence electrons. The van der Waals surface area contributed by atoms with Crippen LogP contribution >= 0.6 is 0 Å². The van der Waals surface area contributed by atoms with Crippen LogP contribution in [0.2, 0.25) is 0 Å². The molecule has 2 amide bonds. The third-order valence-electron chi connectivity index (χ3n) is 6.68. The van der Waals surface area contributed by atoms with Gasteiger partial charge in [-0.25, -0.2) is 0 Å². The predicted octanol–water partition coefficient (Wildman–Crippen LogP) is 5.75. The van der Waals surface area contributed by atoms with Gasteiger partial charge in [-0.3, -0.25) is 9.59 Å². The number of nitrogens with one attached hydrogen (secondary N) is 1. The Bertz CT molecular complexity index is 1180. The van der Waals surface area contributed by atoms with Crippen LogP contribution in [-0.2, 0) is 11.2 Å². The standard InChI is InChI=1S/C28H34N4O3/c1-18(2)21-8-10-22(11-9-21)27-30-26(35-31-27)15-14-25(33)29-24-13-12-23(17-19(24)3)28(34)32-16-6-5-7-20(32)4/h8-13,17-18,20H,5-7,14-16H2,1-4H3,(H,29,33). The van der Waals surface area contributed by atoms with Crippen molar-refractivity contribution in [1.82, 2.24) is 15.0 Å². The molecule has 1 aromatic heterocycles. The number of aryl methyl sites for hydroxylation is 2. The minimum atomic E-state index is -0.141. The van der Waals surface area contributed by atoms with Crippen LogP contribution in [0, 0.1) is 6.92 Å². The first kappa shape index (κ1) is 24.6. The number of rotatable bonds is 7. The monoisotopic (exact) mass is 474 g/mol. The number of likely N-dealkylation sites (tertiary alicyclic amines) is 1. The van der Waals surface area contributed by atoms with Crippen molar-refractivity contribution in [2.45, 2.75) is 71.8 Å². The lowest BCUT2D eigenvalue weighted by atomic mass is 10.0. The summed E-state index contributed by atoms with van der Waals surface area (Å²) in [5.74, 6) is 1.33. The van der Waals surface area contributed by atoms with Crippen molar-refractivity contribution in [3.05, 3.63) is 65.0 Å². The zero-order valence-corrected chi connectivity index (χ0v) is 21.0. The maximum atomic E-state index is 12.9. The van der Waals surface area contributed by atoms with Gasteiger partial charge in [-0.2, -0.15) is 4.98 Å². The first-order valence-electron chi connectivity index (χ1n) is 12.5. The smallest absolute Gasteiger partial charge is 0.254 e. The van der Waals surface area contributed by atoms with Gasteiger partial charge in [-0.1, -0.05) is 43.3 Å². The second kappa shape index (κ2) is 10.8. The van der Waals surface area contributed by atoms with Gasteiger partial charge in [0.15, 0.2) is 0 Å². The fourth-order valence-corrected chi connectivity index (χ4v) is 4.43. The summed E-state index contributed by atoms with van der Waals surface area (Å²) in [7, 11) is 0. The number of benzene rings is 2. The van der Waals surface area contributed by atoms with Gasteiger partial charge in [0.1, 0.15) is 0 Å². The Balaban J connectivity index is 1.32. The van der Waals surface area contributed by atoms with Gasteiger partial charge >= 0.3 is 0 Å². The highest BCUT2D eigenvalue weighted by molar-refractivity contribution is 5.96. The molecule has 1 fully saturated rings. The molecule has 0 saturated carbocycles. The van der Waals surface area contributed by atoms with E-state index in [1.807, 2.05) is 30.0 Å². The molecule has 7 nitrogen and oxygen atoms in total. The topological polar surface area (TPSA) is 88.3 Å². The lowest BCUT2D eigenvalue weighted by Gasteiger charge is -2.33. The first-order chi connectivity index (χ1) is 16.8. The third kappa shape index (κ3) is 5.96. The summed E-state index contributed by atoms with van der Waals surface area (Å²) in [6, 6.07) is 13.8. The van der Waals surface area contributed by atoms with Crippen molar-refractivity contribution < 1.29 is 14.1 Å². The van der Waals surface area contributed by atoms with Gasteiger partial charge in [-0.15, -0.1) is 0 Å². The van der Waals surface area contributed by atoms with Crippen LogP contribution in [0.1, 0.15) is 79.7 Å². The van der Waals surface area contributed by atoms with Gasteiger partial charge in [-0.05, 0) is 68.4 Å². The zero-order valence-electron chi connectivity index (χ0n) is 21.0. The summed E-state index contributed by atoms with van der Waals surface area (Å²) in [5.41, 5.74) is 4.36. The predicted molar refractivity (Wildman–Crippen MR) is 136 cm³/mol. The Morgan fingerprint density at radius 2 is 1.91 bits per heavy atom. The average molecular weight is 475 g/mol. The molecule has 0 radical (unpaired) electrons. The molecule has 1 atom stereocenters. The Labute approximate surface area is 206 Å². The van der Waals surface area contributed by atoms with Crippen LogP contribution in [0.4, 0.5) is 5.69 Å². The fraction of sp³-hybridized carbons (Fsp3) is 0.429. The Hall–Kier alpha value is -3.48. The molecule has 2 aromatic carbocycles. The largest absolute Gasteiger partial charge is 0.339 e. The number of anilines is 1. The van der Waals surface area contributed by atoms with Gasteiger partial charge in [0.05, 0.1) is 0 Å². The van der Waals surface area contributed by atoms with Gasteiger partial charge in [0.25, 0.3) is 5.91 Å². The van der Waals surface area contributed by atoms with Crippen LogP contribution in [0.3, 0.4) is 0 Å². The highest BCUT2D eigenvalue weighted by Gasteiger charge is 2.24. The molecule has 7 heteroatoms. The molecular weight excluding hydrogens is 440 g/mol. The van der Waals surface area contributed by atoms with Crippen LogP contribution < -0.4 is 5.32 Å². The quantitative estimate of drug-likeness (QED) is 0.471. The Morgan fingerprint density at radius 3 is 2.60 bits per heavy atom. The highest BCUT2D eigenvalue weighted by Crippen LogP contribution is 2.23. The lowest BCUT2D eigenvalue weighted by Crippen LogP contribution is -2.42. The zero-order chi connectivity index (χ0) is 24.9. The number of amides is 2. The molecule has 1 aliphatic rings. The number of carbonyl (C=O) groups excluding carboxylic acids is 2. The summed E-state index contributed by atoms with van der Waals surface area (Å²) < 4.78 is 5.35. The van der Waals surface area contributed by atoms with E-state index in [0.29, 0.717) is 35.3 Å². The van der Waals surface area contributed by atoms with Gasteiger partial charge in [0, 0.05) is 42.2 Å². The van der Waals surface area contributed by atoms with Crippen LogP contribution in [0.5, 0.6) is 0 Å². The second-order valence-corrected chi connectivity index (χ2v) is 9.71. The summed E-state index contributed by atoms with van der Waals surface area (Å²) >= 11 is 0. The number of hydrogen-bond donors (Lipinski definition) is 1. The molecule has 3 aromatic rings. The van der Waals surface area contributed by atoms with Gasteiger partial charge < -0.3 is 14.7 Å². The maximum Gasteiger partial charge on any atom is 0.254 e. The molecule has 35 heavy (non-hydrogen) atoms. The minimum absolute atomic E-state index is 0.0595. The van der Waals surface area contributed by atoms with Crippen molar-refractivity contribution in [3.8, 4) is 11.4 Å². The molecule has 4 rings (SSSR count). The number of piperidine rings is 1. The maximum absolute atomic E-state index is 12.9.